The summed E-state index contributed by atoms with van der Waals surface area (Å²) in [4.78, 5) is 23.6. The molecule has 1 aromatic carbocycles. The van der Waals surface area contributed by atoms with Gasteiger partial charge in [-0.2, -0.15) is 0 Å². The Morgan fingerprint density at radius 2 is 1.64 bits per heavy atom. The smallest absolute Gasteiger partial charge is 0.307 e. The Morgan fingerprint density at radius 3 is 2.18 bits per heavy atom. The number of nitrogens with one attached hydrogen (secondary N) is 1. The van der Waals surface area contributed by atoms with E-state index >= 15 is 0 Å². The van der Waals surface area contributed by atoms with Gasteiger partial charge in [-0.25, -0.2) is 0 Å². The Labute approximate surface area is 130 Å². The zero-order valence-electron chi connectivity index (χ0n) is 12.7. The van der Waals surface area contributed by atoms with Crippen molar-refractivity contribution in [1.82, 2.24) is 5.32 Å². The minimum atomic E-state index is -0.844. The maximum Gasteiger partial charge on any atom is 0.307 e. The molecular formula is C18H23NO3. The van der Waals surface area contributed by atoms with E-state index < -0.39 is 11.9 Å². The van der Waals surface area contributed by atoms with Crippen molar-refractivity contribution in [3.05, 3.63) is 35.9 Å². The van der Waals surface area contributed by atoms with Crippen molar-refractivity contribution in [3.8, 4) is 0 Å². The van der Waals surface area contributed by atoms with E-state index in [9.17, 15) is 9.59 Å². The molecule has 4 heteroatoms. The summed E-state index contributed by atoms with van der Waals surface area (Å²) < 4.78 is 0. The van der Waals surface area contributed by atoms with E-state index in [1.54, 1.807) is 0 Å². The van der Waals surface area contributed by atoms with E-state index in [2.05, 4.69) is 17.4 Å². The van der Waals surface area contributed by atoms with Crippen LogP contribution in [0.15, 0.2) is 30.3 Å². The number of carboxylic acids is 1. The summed E-state index contributed by atoms with van der Waals surface area (Å²) in [6.07, 6.45) is 6.00. The third-order valence-corrected chi connectivity index (χ3v) is 5.26. The Bertz CT molecular complexity index is 537. The summed E-state index contributed by atoms with van der Waals surface area (Å²) >= 11 is 0. The summed E-state index contributed by atoms with van der Waals surface area (Å²) in [6.45, 7) is 0. The topological polar surface area (TPSA) is 66.4 Å². The van der Waals surface area contributed by atoms with Crippen LogP contribution in [0, 0.1) is 17.8 Å². The molecule has 0 radical (unpaired) electrons. The number of rotatable bonds is 5. The van der Waals surface area contributed by atoms with Crippen LogP contribution >= 0.6 is 0 Å². The van der Waals surface area contributed by atoms with Crippen LogP contribution in [0.2, 0.25) is 0 Å². The van der Waals surface area contributed by atoms with Crippen molar-refractivity contribution in [2.24, 2.45) is 17.8 Å². The second-order valence-electron chi connectivity index (χ2n) is 6.57. The van der Waals surface area contributed by atoms with Gasteiger partial charge in [-0.1, -0.05) is 43.2 Å². The minimum Gasteiger partial charge on any atom is -0.481 e. The molecule has 0 aromatic heterocycles. The van der Waals surface area contributed by atoms with E-state index in [0.29, 0.717) is 18.8 Å². The lowest BCUT2D eigenvalue weighted by Crippen LogP contribution is -2.46. The number of aliphatic carboxylic acids is 1. The first-order chi connectivity index (χ1) is 10.7. The van der Waals surface area contributed by atoms with Gasteiger partial charge in [0.2, 0.25) is 5.91 Å². The van der Waals surface area contributed by atoms with Crippen molar-refractivity contribution < 1.29 is 14.7 Å². The molecule has 22 heavy (non-hydrogen) atoms. The van der Waals surface area contributed by atoms with Crippen LogP contribution < -0.4 is 5.32 Å². The largest absolute Gasteiger partial charge is 0.481 e. The Hall–Kier alpha value is -1.84. The fourth-order valence-corrected chi connectivity index (χ4v) is 3.79. The number of hydrogen-bond donors (Lipinski definition) is 2. The Balaban J connectivity index is 1.73. The van der Waals surface area contributed by atoms with E-state index in [1.165, 1.54) is 12.8 Å². The first kappa shape index (κ1) is 15.1. The standard InChI is InChI=1S/C18H23NO3/c20-17(14-10-11-15(14)18(21)22)19-16(13-8-4-5-9-13)12-6-2-1-3-7-12/h1-3,6-7,13-16H,4-5,8-11H2,(H,19,20)(H,21,22). The molecule has 3 unspecified atom stereocenters. The molecule has 2 fully saturated rings. The molecule has 2 aliphatic carbocycles. The van der Waals surface area contributed by atoms with E-state index in [4.69, 9.17) is 5.11 Å². The molecule has 2 saturated carbocycles. The highest BCUT2D eigenvalue weighted by atomic mass is 16.4. The lowest BCUT2D eigenvalue weighted by Gasteiger charge is -2.34. The van der Waals surface area contributed by atoms with Crippen LogP contribution in [0.25, 0.3) is 0 Å². The fraction of sp³-hybridized carbons (Fsp3) is 0.556. The van der Waals surface area contributed by atoms with Gasteiger partial charge in [0.05, 0.1) is 17.9 Å². The Morgan fingerprint density at radius 1 is 1.00 bits per heavy atom. The van der Waals surface area contributed by atoms with Gasteiger partial charge in [0.25, 0.3) is 0 Å². The molecule has 1 aromatic rings. The van der Waals surface area contributed by atoms with Crippen LogP contribution in [-0.2, 0) is 9.59 Å². The maximum atomic E-state index is 12.5. The molecule has 0 bridgehead atoms. The highest BCUT2D eigenvalue weighted by Crippen LogP contribution is 2.38. The van der Waals surface area contributed by atoms with E-state index in [0.717, 1.165) is 18.4 Å². The third kappa shape index (κ3) is 3.01. The first-order valence-electron chi connectivity index (χ1n) is 8.25. The highest BCUT2D eigenvalue weighted by Gasteiger charge is 2.42. The SMILES string of the molecule is O=C(O)C1CCC1C(=O)NC(c1ccccc1)C1CCCC1. The van der Waals surface area contributed by atoms with Gasteiger partial charge in [-0.05, 0) is 37.2 Å². The van der Waals surface area contributed by atoms with E-state index in [1.807, 2.05) is 18.2 Å². The maximum absolute atomic E-state index is 12.5. The Kier molecular flexibility index (Phi) is 4.46. The van der Waals surface area contributed by atoms with Crippen molar-refractivity contribution in [1.29, 1.82) is 0 Å². The number of hydrogen-bond acceptors (Lipinski definition) is 2. The molecule has 4 nitrogen and oxygen atoms in total. The predicted octanol–water partition coefficient (Wildman–Crippen LogP) is 3.14. The molecular weight excluding hydrogens is 278 g/mol. The molecule has 3 atom stereocenters. The van der Waals surface area contributed by atoms with Gasteiger partial charge < -0.3 is 10.4 Å². The third-order valence-electron chi connectivity index (χ3n) is 5.26. The van der Waals surface area contributed by atoms with Gasteiger partial charge in [0.1, 0.15) is 0 Å². The molecule has 1 amide bonds. The number of benzene rings is 1. The number of amides is 1. The molecule has 0 saturated heterocycles. The molecule has 3 rings (SSSR count). The summed E-state index contributed by atoms with van der Waals surface area (Å²) in [5, 5.41) is 12.3. The normalized spacial score (nSPS) is 26.2. The second kappa shape index (κ2) is 6.51. The molecule has 0 heterocycles. The van der Waals surface area contributed by atoms with Crippen molar-refractivity contribution >= 4 is 11.9 Å². The van der Waals surface area contributed by atoms with Crippen molar-refractivity contribution in [3.63, 3.8) is 0 Å². The first-order valence-corrected chi connectivity index (χ1v) is 8.25. The van der Waals surface area contributed by atoms with Crippen LogP contribution in [0.5, 0.6) is 0 Å². The molecule has 2 N–H and O–H groups in total. The monoisotopic (exact) mass is 301 g/mol. The predicted molar refractivity (Wildman–Crippen MR) is 83.1 cm³/mol. The van der Waals surface area contributed by atoms with Crippen LogP contribution in [0.3, 0.4) is 0 Å². The van der Waals surface area contributed by atoms with Gasteiger partial charge in [0, 0.05) is 0 Å². The van der Waals surface area contributed by atoms with Crippen LogP contribution in [0.4, 0.5) is 0 Å². The van der Waals surface area contributed by atoms with Gasteiger partial charge >= 0.3 is 5.97 Å². The summed E-state index contributed by atoms with van der Waals surface area (Å²) in [5.41, 5.74) is 1.13. The van der Waals surface area contributed by atoms with E-state index in [-0.39, 0.29) is 17.9 Å². The summed E-state index contributed by atoms with van der Waals surface area (Å²) in [5.74, 6) is -1.32. The highest BCUT2D eigenvalue weighted by molar-refractivity contribution is 5.86. The number of carbonyl (C=O) groups is 2. The summed E-state index contributed by atoms with van der Waals surface area (Å²) in [6, 6.07) is 10.1. The lowest BCUT2D eigenvalue weighted by atomic mass is 9.73. The number of carbonyl (C=O) groups excluding carboxylic acids is 1. The average molecular weight is 301 g/mol. The van der Waals surface area contributed by atoms with Gasteiger partial charge in [-0.3, -0.25) is 9.59 Å². The van der Waals surface area contributed by atoms with Crippen molar-refractivity contribution in [2.75, 3.05) is 0 Å². The molecule has 0 spiro atoms. The zero-order chi connectivity index (χ0) is 15.5. The lowest BCUT2D eigenvalue weighted by molar-refractivity contribution is -0.153. The molecule has 0 aliphatic heterocycles. The van der Waals surface area contributed by atoms with Gasteiger partial charge in [-0.15, -0.1) is 0 Å². The quantitative estimate of drug-likeness (QED) is 0.878. The molecule has 2 aliphatic rings. The second-order valence-corrected chi connectivity index (χ2v) is 6.57. The van der Waals surface area contributed by atoms with Crippen molar-refractivity contribution in [2.45, 2.75) is 44.6 Å². The van der Waals surface area contributed by atoms with Crippen LogP contribution in [-0.4, -0.2) is 17.0 Å². The van der Waals surface area contributed by atoms with Gasteiger partial charge in [0.15, 0.2) is 0 Å². The molecule has 118 valence electrons. The zero-order valence-corrected chi connectivity index (χ0v) is 12.7. The number of carboxylic acid groups (broad SMARTS) is 1. The summed E-state index contributed by atoms with van der Waals surface area (Å²) in [7, 11) is 0. The average Bonchev–Trinajstić information content (AvgIpc) is 2.97. The van der Waals surface area contributed by atoms with Crippen LogP contribution in [0.1, 0.15) is 50.1 Å². The fourth-order valence-electron chi connectivity index (χ4n) is 3.79. The minimum absolute atomic E-state index is 0.0197.